The number of carbonyl (C=O) groups excluding carboxylic acids is 1. The highest BCUT2D eigenvalue weighted by Crippen LogP contribution is 2.28. The number of para-hydroxylation sites is 1. The van der Waals surface area contributed by atoms with E-state index in [-0.39, 0.29) is 18.4 Å². The van der Waals surface area contributed by atoms with Gasteiger partial charge in [-0.15, -0.1) is 10.2 Å². The lowest BCUT2D eigenvalue weighted by Gasteiger charge is -2.10. The zero-order valence-corrected chi connectivity index (χ0v) is 16.1. The fourth-order valence-corrected chi connectivity index (χ4v) is 2.62. The number of aromatic nitrogens is 2. The van der Waals surface area contributed by atoms with E-state index in [2.05, 4.69) is 15.5 Å². The first kappa shape index (κ1) is 19.4. The number of anilines is 1. The first-order valence-corrected chi connectivity index (χ1v) is 9.07. The summed E-state index contributed by atoms with van der Waals surface area (Å²) in [7, 11) is 1.59. The van der Waals surface area contributed by atoms with E-state index in [1.54, 1.807) is 7.11 Å². The molecule has 1 heterocycles. The minimum Gasteiger partial charge on any atom is -0.496 e. The molecule has 0 unspecified atom stereocenters. The van der Waals surface area contributed by atoms with E-state index in [0.717, 1.165) is 11.3 Å². The molecular formula is C21H23N3O4. The Balaban J connectivity index is 1.54. The molecule has 0 saturated carbocycles. The Kier molecular flexibility index (Phi) is 6.26. The molecule has 7 heteroatoms. The van der Waals surface area contributed by atoms with Crippen LogP contribution in [0.15, 0.2) is 52.9 Å². The Morgan fingerprint density at radius 1 is 1.11 bits per heavy atom. The summed E-state index contributed by atoms with van der Waals surface area (Å²) in [6.07, 6.45) is 0.691. The summed E-state index contributed by atoms with van der Waals surface area (Å²) in [4.78, 5) is 12.2. The first-order valence-electron chi connectivity index (χ1n) is 9.07. The summed E-state index contributed by atoms with van der Waals surface area (Å²) in [5.41, 5.74) is 1.43. The molecule has 1 aromatic heterocycles. The van der Waals surface area contributed by atoms with Gasteiger partial charge in [-0.2, -0.15) is 0 Å². The molecule has 1 amide bonds. The largest absolute Gasteiger partial charge is 0.496 e. The Hall–Kier alpha value is -3.35. The van der Waals surface area contributed by atoms with Crippen molar-refractivity contribution < 1.29 is 18.7 Å². The second kappa shape index (κ2) is 9.03. The van der Waals surface area contributed by atoms with Crippen LogP contribution in [0.5, 0.6) is 11.5 Å². The average Bonchev–Trinajstić information content (AvgIpc) is 3.16. The quantitative estimate of drug-likeness (QED) is 0.632. The minimum absolute atomic E-state index is 0.107. The SMILES string of the molecule is COc1ccccc1-c1nnc(CCC(=O)Nc2ccc(OC(C)C)cc2)o1. The van der Waals surface area contributed by atoms with Gasteiger partial charge in [0.2, 0.25) is 11.8 Å². The van der Waals surface area contributed by atoms with Gasteiger partial charge in [0.25, 0.3) is 5.89 Å². The molecule has 0 bridgehead atoms. The molecule has 0 aliphatic carbocycles. The monoisotopic (exact) mass is 381 g/mol. The number of ether oxygens (including phenoxy) is 2. The molecular weight excluding hydrogens is 358 g/mol. The van der Waals surface area contributed by atoms with Crippen molar-refractivity contribution in [1.82, 2.24) is 10.2 Å². The van der Waals surface area contributed by atoms with Crippen molar-refractivity contribution in [3.8, 4) is 23.0 Å². The smallest absolute Gasteiger partial charge is 0.251 e. The number of amides is 1. The van der Waals surface area contributed by atoms with E-state index in [0.29, 0.717) is 29.6 Å². The summed E-state index contributed by atoms with van der Waals surface area (Å²) in [5.74, 6) is 2.06. The highest BCUT2D eigenvalue weighted by molar-refractivity contribution is 5.90. The second-order valence-electron chi connectivity index (χ2n) is 6.44. The van der Waals surface area contributed by atoms with E-state index in [1.807, 2.05) is 62.4 Å². The molecule has 0 radical (unpaired) electrons. The molecule has 0 saturated heterocycles. The maximum atomic E-state index is 12.2. The number of hydrogen-bond acceptors (Lipinski definition) is 6. The van der Waals surface area contributed by atoms with E-state index >= 15 is 0 Å². The van der Waals surface area contributed by atoms with Gasteiger partial charge in [-0.1, -0.05) is 12.1 Å². The number of rotatable bonds is 8. The van der Waals surface area contributed by atoms with E-state index < -0.39 is 0 Å². The van der Waals surface area contributed by atoms with Crippen molar-refractivity contribution in [2.45, 2.75) is 32.8 Å². The number of benzene rings is 2. The van der Waals surface area contributed by atoms with Crippen LogP contribution in [0.1, 0.15) is 26.2 Å². The Bertz CT molecular complexity index is 919. The topological polar surface area (TPSA) is 86.5 Å². The standard InChI is InChI=1S/C21H23N3O4/c1-14(2)27-16-10-8-15(9-11-16)22-19(25)12-13-20-23-24-21(28-20)17-6-4-5-7-18(17)26-3/h4-11,14H,12-13H2,1-3H3,(H,22,25). The van der Waals surface area contributed by atoms with Gasteiger partial charge in [0, 0.05) is 18.5 Å². The van der Waals surface area contributed by atoms with Crippen LogP contribution in [0.3, 0.4) is 0 Å². The summed E-state index contributed by atoms with van der Waals surface area (Å²) in [6, 6.07) is 14.7. The van der Waals surface area contributed by atoms with Crippen LogP contribution in [-0.4, -0.2) is 29.3 Å². The Morgan fingerprint density at radius 2 is 1.86 bits per heavy atom. The van der Waals surface area contributed by atoms with Gasteiger partial charge >= 0.3 is 0 Å². The van der Waals surface area contributed by atoms with Gasteiger partial charge in [0.15, 0.2) is 0 Å². The molecule has 0 fully saturated rings. The maximum Gasteiger partial charge on any atom is 0.251 e. The number of nitrogens with zero attached hydrogens (tertiary/aromatic N) is 2. The van der Waals surface area contributed by atoms with Gasteiger partial charge in [-0.25, -0.2) is 0 Å². The average molecular weight is 381 g/mol. The van der Waals surface area contributed by atoms with Crippen LogP contribution in [0.2, 0.25) is 0 Å². The second-order valence-corrected chi connectivity index (χ2v) is 6.44. The molecule has 0 spiro atoms. The Labute approximate surface area is 163 Å². The zero-order chi connectivity index (χ0) is 19.9. The molecule has 1 N–H and O–H groups in total. The van der Waals surface area contributed by atoms with Crippen molar-refractivity contribution in [2.24, 2.45) is 0 Å². The Morgan fingerprint density at radius 3 is 2.57 bits per heavy atom. The number of nitrogens with one attached hydrogen (secondary N) is 1. The van der Waals surface area contributed by atoms with Crippen molar-refractivity contribution in [1.29, 1.82) is 0 Å². The number of aryl methyl sites for hydroxylation is 1. The molecule has 3 aromatic rings. The molecule has 146 valence electrons. The lowest BCUT2D eigenvalue weighted by Crippen LogP contribution is -2.12. The number of methoxy groups -OCH3 is 1. The van der Waals surface area contributed by atoms with Crippen molar-refractivity contribution in [2.75, 3.05) is 12.4 Å². The van der Waals surface area contributed by atoms with E-state index in [1.165, 1.54) is 0 Å². The van der Waals surface area contributed by atoms with Gasteiger partial charge in [-0.3, -0.25) is 4.79 Å². The van der Waals surface area contributed by atoms with Crippen molar-refractivity contribution >= 4 is 11.6 Å². The number of carbonyl (C=O) groups is 1. The first-order chi connectivity index (χ1) is 13.5. The molecule has 3 rings (SSSR count). The van der Waals surface area contributed by atoms with Crippen LogP contribution in [0, 0.1) is 0 Å². The van der Waals surface area contributed by atoms with Crippen LogP contribution >= 0.6 is 0 Å². The fraction of sp³-hybridized carbons (Fsp3) is 0.286. The number of hydrogen-bond donors (Lipinski definition) is 1. The van der Waals surface area contributed by atoms with Gasteiger partial charge in [0.1, 0.15) is 11.5 Å². The van der Waals surface area contributed by atoms with E-state index in [4.69, 9.17) is 13.9 Å². The highest BCUT2D eigenvalue weighted by Gasteiger charge is 2.14. The van der Waals surface area contributed by atoms with E-state index in [9.17, 15) is 4.79 Å². The minimum atomic E-state index is -0.130. The predicted molar refractivity (Wildman–Crippen MR) is 105 cm³/mol. The lowest BCUT2D eigenvalue weighted by atomic mass is 10.2. The molecule has 2 aromatic carbocycles. The molecule has 7 nitrogen and oxygen atoms in total. The highest BCUT2D eigenvalue weighted by atomic mass is 16.5. The normalized spacial score (nSPS) is 10.7. The van der Waals surface area contributed by atoms with Gasteiger partial charge < -0.3 is 19.2 Å². The molecule has 0 aliphatic heterocycles. The van der Waals surface area contributed by atoms with Crippen LogP contribution < -0.4 is 14.8 Å². The van der Waals surface area contributed by atoms with Crippen LogP contribution in [0.25, 0.3) is 11.5 Å². The van der Waals surface area contributed by atoms with Crippen molar-refractivity contribution in [3.63, 3.8) is 0 Å². The lowest BCUT2D eigenvalue weighted by molar-refractivity contribution is -0.116. The molecule has 0 atom stereocenters. The van der Waals surface area contributed by atoms with Gasteiger partial charge in [0.05, 0.1) is 18.8 Å². The maximum absolute atomic E-state index is 12.2. The fourth-order valence-electron chi connectivity index (χ4n) is 2.62. The van der Waals surface area contributed by atoms with Gasteiger partial charge in [-0.05, 0) is 50.2 Å². The van der Waals surface area contributed by atoms with Crippen LogP contribution in [-0.2, 0) is 11.2 Å². The van der Waals surface area contributed by atoms with Crippen molar-refractivity contribution in [3.05, 3.63) is 54.4 Å². The summed E-state index contributed by atoms with van der Waals surface area (Å²) in [5, 5.41) is 10.9. The third-order valence-electron chi connectivity index (χ3n) is 3.88. The third kappa shape index (κ3) is 5.09. The summed E-state index contributed by atoms with van der Waals surface area (Å²) in [6.45, 7) is 3.93. The summed E-state index contributed by atoms with van der Waals surface area (Å²) < 4.78 is 16.6. The third-order valence-corrected chi connectivity index (χ3v) is 3.88. The molecule has 28 heavy (non-hydrogen) atoms. The summed E-state index contributed by atoms with van der Waals surface area (Å²) >= 11 is 0. The zero-order valence-electron chi connectivity index (χ0n) is 16.1. The molecule has 0 aliphatic rings. The predicted octanol–water partition coefficient (Wildman–Crippen LogP) is 4.10. The van der Waals surface area contributed by atoms with Crippen LogP contribution in [0.4, 0.5) is 5.69 Å².